The second kappa shape index (κ2) is 7.26. The van der Waals surface area contributed by atoms with E-state index >= 15 is 0 Å². The molecule has 1 saturated heterocycles. The fraction of sp³-hybridized carbons (Fsp3) is 0.471. The van der Waals surface area contributed by atoms with Gasteiger partial charge in [0.1, 0.15) is 0 Å². The van der Waals surface area contributed by atoms with Gasteiger partial charge in [-0.05, 0) is 31.5 Å². The Kier molecular flexibility index (Phi) is 5.38. The van der Waals surface area contributed by atoms with Gasteiger partial charge in [0.15, 0.2) is 0 Å². The lowest BCUT2D eigenvalue weighted by Gasteiger charge is -2.33. The second-order valence-electron chi connectivity index (χ2n) is 5.18. The van der Waals surface area contributed by atoms with Crippen molar-refractivity contribution < 1.29 is 14.6 Å². The molecule has 0 spiro atoms. The maximum Gasteiger partial charge on any atom is 0.254 e. The number of benzene rings is 1. The first-order valence-electron chi connectivity index (χ1n) is 7.23. The van der Waals surface area contributed by atoms with Gasteiger partial charge in [-0.15, -0.1) is 0 Å². The third kappa shape index (κ3) is 3.63. The maximum atomic E-state index is 12.7. The Morgan fingerprint density at radius 1 is 1.52 bits per heavy atom. The summed E-state index contributed by atoms with van der Waals surface area (Å²) in [6.45, 7) is 5.76. The van der Waals surface area contributed by atoms with E-state index in [1.807, 2.05) is 36.9 Å². The average molecular weight is 287 g/mol. The Bertz CT molecular complexity index is 571. The number of rotatable bonds is 2. The molecule has 1 unspecified atom stereocenters. The predicted molar refractivity (Wildman–Crippen MR) is 81.1 cm³/mol. The first kappa shape index (κ1) is 15.6. The zero-order chi connectivity index (χ0) is 15.2. The van der Waals surface area contributed by atoms with E-state index < -0.39 is 0 Å². The number of hydrogen-bond acceptors (Lipinski definition) is 3. The minimum atomic E-state index is 0.0362. The number of ether oxygens (including phenoxy) is 1. The molecule has 1 aliphatic heterocycles. The highest BCUT2D eigenvalue weighted by molar-refractivity contribution is 5.96. The molecule has 4 nitrogen and oxygen atoms in total. The highest BCUT2D eigenvalue weighted by Crippen LogP contribution is 2.18. The van der Waals surface area contributed by atoms with Gasteiger partial charge in [0, 0.05) is 24.1 Å². The van der Waals surface area contributed by atoms with Crippen LogP contribution in [0.2, 0.25) is 0 Å². The topological polar surface area (TPSA) is 49.8 Å². The van der Waals surface area contributed by atoms with Crippen LogP contribution in [0.3, 0.4) is 0 Å². The van der Waals surface area contributed by atoms with Gasteiger partial charge in [0.25, 0.3) is 5.91 Å². The Balaban J connectivity index is 2.25. The Labute approximate surface area is 125 Å². The number of hydrogen-bond donors (Lipinski definition) is 1. The van der Waals surface area contributed by atoms with Crippen molar-refractivity contribution >= 4 is 5.91 Å². The van der Waals surface area contributed by atoms with E-state index in [2.05, 4.69) is 11.8 Å². The highest BCUT2D eigenvalue weighted by Gasteiger charge is 2.25. The Morgan fingerprint density at radius 3 is 3.05 bits per heavy atom. The molecule has 0 aliphatic carbocycles. The summed E-state index contributed by atoms with van der Waals surface area (Å²) in [5.74, 6) is 5.96. The van der Waals surface area contributed by atoms with Crippen molar-refractivity contribution in [1.82, 2.24) is 4.90 Å². The zero-order valence-corrected chi connectivity index (χ0v) is 12.6. The van der Waals surface area contributed by atoms with E-state index in [1.165, 1.54) is 0 Å². The van der Waals surface area contributed by atoms with Crippen molar-refractivity contribution in [3.8, 4) is 11.8 Å². The molecular weight excluding hydrogens is 266 g/mol. The molecule has 1 atom stereocenters. The van der Waals surface area contributed by atoms with Crippen molar-refractivity contribution in [2.45, 2.75) is 26.3 Å². The van der Waals surface area contributed by atoms with E-state index in [1.54, 1.807) is 0 Å². The molecule has 2 rings (SSSR count). The first-order valence-corrected chi connectivity index (χ1v) is 7.23. The number of carbonyl (C=O) groups excluding carboxylic acids is 1. The number of amides is 1. The smallest absolute Gasteiger partial charge is 0.254 e. The molecule has 0 bridgehead atoms. The molecule has 0 saturated carbocycles. The van der Waals surface area contributed by atoms with E-state index in [9.17, 15) is 4.79 Å². The predicted octanol–water partition coefficient (Wildman–Crippen LogP) is 1.59. The third-order valence-electron chi connectivity index (χ3n) is 3.65. The van der Waals surface area contributed by atoms with Gasteiger partial charge in [0.2, 0.25) is 0 Å². The number of nitrogens with zero attached hydrogens (tertiary/aromatic N) is 1. The van der Waals surface area contributed by atoms with Crippen LogP contribution >= 0.6 is 0 Å². The van der Waals surface area contributed by atoms with Crippen LogP contribution in [0.15, 0.2) is 18.2 Å². The van der Waals surface area contributed by atoms with Gasteiger partial charge < -0.3 is 14.7 Å². The lowest BCUT2D eigenvalue weighted by molar-refractivity contribution is 0.00355. The standard InChI is InChI=1S/C17H21NO3/c1-13-12-21-11-9-18(13)17(20)16-8-5-7-15(14(16)2)6-3-4-10-19/h5,7-8,13,19H,4,9-12H2,1-2H3. The normalized spacial score (nSPS) is 18.0. The zero-order valence-electron chi connectivity index (χ0n) is 12.6. The number of carbonyl (C=O) groups is 1. The van der Waals surface area contributed by atoms with Gasteiger partial charge in [0.05, 0.1) is 25.9 Å². The van der Waals surface area contributed by atoms with Crippen LogP contribution in [0.5, 0.6) is 0 Å². The van der Waals surface area contributed by atoms with Crippen LogP contribution in [0.1, 0.15) is 34.8 Å². The van der Waals surface area contributed by atoms with Crippen molar-refractivity contribution in [2.75, 3.05) is 26.4 Å². The average Bonchev–Trinajstić information content (AvgIpc) is 2.49. The monoisotopic (exact) mass is 287 g/mol. The lowest BCUT2D eigenvalue weighted by Crippen LogP contribution is -2.47. The summed E-state index contributed by atoms with van der Waals surface area (Å²) >= 11 is 0. The van der Waals surface area contributed by atoms with Crippen LogP contribution in [0, 0.1) is 18.8 Å². The molecular formula is C17H21NO3. The number of aliphatic hydroxyl groups is 1. The molecule has 4 heteroatoms. The molecule has 1 N–H and O–H groups in total. The van der Waals surface area contributed by atoms with E-state index in [-0.39, 0.29) is 18.6 Å². The van der Waals surface area contributed by atoms with Crippen molar-refractivity contribution in [2.24, 2.45) is 0 Å². The molecule has 1 amide bonds. The van der Waals surface area contributed by atoms with Crippen LogP contribution in [0.4, 0.5) is 0 Å². The minimum absolute atomic E-state index is 0.0362. The molecule has 21 heavy (non-hydrogen) atoms. The largest absolute Gasteiger partial charge is 0.395 e. The minimum Gasteiger partial charge on any atom is -0.395 e. The summed E-state index contributed by atoms with van der Waals surface area (Å²) in [7, 11) is 0. The van der Waals surface area contributed by atoms with Crippen molar-refractivity contribution in [3.63, 3.8) is 0 Å². The summed E-state index contributed by atoms with van der Waals surface area (Å²) in [5.41, 5.74) is 2.43. The molecule has 1 aliphatic rings. The van der Waals surface area contributed by atoms with E-state index in [0.717, 1.165) is 11.1 Å². The molecule has 0 aromatic heterocycles. The van der Waals surface area contributed by atoms with Crippen molar-refractivity contribution in [1.29, 1.82) is 0 Å². The van der Waals surface area contributed by atoms with Crippen LogP contribution < -0.4 is 0 Å². The van der Waals surface area contributed by atoms with E-state index in [4.69, 9.17) is 9.84 Å². The molecule has 1 aromatic carbocycles. The quantitative estimate of drug-likeness (QED) is 0.840. The summed E-state index contributed by atoms with van der Waals surface area (Å²) in [6, 6.07) is 5.69. The van der Waals surface area contributed by atoms with Gasteiger partial charge in [-0.2, -0.15) is 0 Å². The van der Waals surface area contributed by atoms with Gasteiger partial charge in [-0.1, -0.05) is 17.9 Å². The van der Waals surface area contributed by atoms with Gasteiger partial charge in [-0.3, -0.25) is 4.79 Å². The summed E-state index contributed by atoms with van der Waals surface area (Å²) in [4.78, 5) is 14.6. The summed E-state index contributed by atoms with van der Waals surface area (Å²) < 4.78 is 5.38. The van der Waals surface area contributed by atoms with E-state index in [0.29, 0.717) is 31.7 Å². The van der Waals surface area contributed by atoms with Crippen LogP contribution in [-0.4, -0.2) is 48.3 Å². The number of morpholine rings is 1. The molecule has 1 fully saturated rings. The third-order valence-corrected chi connectivity index (χ3v) is 3.65. The Hall–Kier alpha value is -1.83. The SMILES string of the molecule is Cc1c(C#CCCO)cccc1C(=O)N1CCOCC1C. The van der Waals surface area contributed by atoms with Crippen molar-refractivity contribution in [3.05, 3.63) is 34.9 Å². The maximum absolute atomic E-state index is 12.7. The van der Waals surface area contributed by atoms with Gasteiger partial charge >= 0.3 is 0 Å². The van der Waals surface area contributed by atoms with Crippen LogP contribution in [0.25, 0.3) is 0 Å². The molecule has 112 valence electrons. The second-order valence-corrected chi connectivity index (χ2v) is 5.18. The summed E-state index contributed by atoms with van der Waals surface area (Å²) in [5, 5.41) is 8.78. The Morgan fingerprint density at radius 2 is 2.33 bits per heavy atom. The van der Waals surface area contributed by atoms with Crippen LogP contribution in [-0.2, 0) is 4.74 Å². The number of aliphatic hydroxyl groups excluding tert-OH is 1. The first-order chi connectivity index (χ1) is 10.1. The summed E-state index contributed by atoms with van der Waals surface area (Å²) in [6.07, 6.45) is 0.443. The lowest BCUT2D eigenvalue weighted by atomic mass is 10.0. The molecule has 1 heterocycles. The van der Waals surface area contributed by atoms with Gasteiger partial charge in [-0.25, -0.2) is 0 Å². The highest BCUT2D eigenvalue weighted by atomic mass is 16.5. The molecule has 1 aromatic rings. The fourth-order valence-corrected chi connectivity index (χ4v) is 2.40. The molecule has 0 radical (unpaired) electrons. The fourth-order valence-electron chi connectivity index (χ4n) is 2.40.